The van der Waals surface area contributed by atoms with Gasteiger partial charge < -0.3 is 15.2 Å². The summed E-state index contributed by atoms with van der Waals surface area (Å²) >= 11 is 0. The highest BCUT2D eigenvalue weighted by Crippen LogP contribution is 2.30. The third-order valence-corrected chi connectivity index (χ3v) is 2.04. The zero-order valence-electron chi connectivity index (χ0n) is 8.83. The average molecular weight is 223 g/mol. The molecule has 0 atom stereocenters. The fourth-order valence-electron chi connectivity index (χ4n) is 1.22. The SMILES string of the molecule is C#Cc1c(N)c(OC)cc(C(=O)OC)c1F. The van der Waals surface area contributed by atoms with Crippen molar-refractivity contribution in [2.45, 2.75) is 0 Å². The molecule has 5 heteroatoms. The minimum absolute atomic E-state index is 0.0184. The van der Waals surface area contributed by atoms with Crippen LogP contribution < -0.4 is 10.5 Å². The fourth-order valence-corrected chi connectivity index (χ4v) is 1.22. The molecule has 1 aromatic carbocycles. The maximum atomic E-state index is 13.7. The second kappa shape index (κ2) is 4.53. The molecule has 0 bridgehead atoms. The predicted molar refractivity (Wildman–Crippen MR) is 56.6 cm³/mol. The molecule has 0 heterocycles. The number of rotatable bonds is 2. The first-order valence-corrected chi connectivity index (χ1v) is 4.27. The van der Waals surface area contributed by atoms with Gasteiger partial charge in [0.1, 0.15) is 11.3 Å². The van der Waals surface area contributed by atoms with Gasteiger partial charge in [0.2, 0.25) is 0 Å². The van der Waals surface area contributed by atoms with Gasteiger partial charge in [-0.2, -0.15) is 0 Å². The van der Waals surface area contributed by atoms with Crippen molar-refractivity contribution in [3.63, 3.8) is 0 Å². The van der Waals surface area contributed by atoms with Gasteiger partial charge in [0.05, 0.1) is 25.5 Å². The molecule has 1 aromatic rings. The molecule has 0 unspecified atom stereocenters. The van der Waals surface area contributed by atoms with Crippen LogP contribution in [0.5, 0.6) is 5.75 Å². The van der Waals surface area contributed by atoms with Crippen LogP contribution in [-0.2, 0) is 4.74 Å². The zero-order chi connectivity index (χ0) is 12.3. The van der Waals surface area contributed by atoms with Crippen LogP contribution in [0.4, 0.5) is 10.1 Å². The Hall–Kier alpha value is -2.22. The number of benzene rings is 1. The first-order chi connectivity index (χ1) is 7.56. The summed E-state index contributed by atoms with van der Waals surface area (Å²) < 4.78 is 23.0. The Morgan fingerprint density at radius 2 is 2.19 bits per heavy atom. The van der Waals surface area contributed by atoms with Gasteiger partial charge in [-0.05, 0) is 6.07 Å². The summed E-state index contributed by atoms with van der Waals surface area (Å²) in [5, 5.41) is 0. The summed E-state index contributed by atoms with van der Waals surface area (Å²) in [4.78, 5) is 11.3. The molecule has 0 saturated carbocycles. The standard InChI is InChI=1S/C11H10FNO3/c1-4-6-9(12)7(11(14)16-3)5-8(15-2)10(6)13/h1,5H,13H2,2-3H3. The van der Waals surface area contributed by atoms with Crippen molar-refractivity contribution in [2.75, 3.05) is 20.0 Å². The Morgan fingerprint density at radius 1 is 1.56 bits per heavy atom. The van der Waals surface area contributed by atoms with Gasteiger partial charge in [0.25, 0.3) is 0 Å². The first-order valence-electron chi connectivity index (χ1n) is 4.27. The molecule has 4 nitrogen and oxygen atoms in total. The van der Waals surface area contributed by atoms with E-state index in [9.17, 15) is 9.18 Å². The van der Waals surface area contributed by atoms with Crippen LogP contribution in [0, 0.1) is 18.2 Å². The van der Waals surface area contributed by atoms with Crippen molar-refractivity contribution in [2.24, 2.45) is 0 Å². The Balaban J connectivity index is 3.54. The monoisotopic (exact) mass is 223 g/mol. The molecule has 0 fully saturated rings. The number of carbonyl (C=O) groups excluding carboxylic acids is 1. The third kappa shape index (κ3) is 1.77. The lowest BCUT2D eigenvalue weighted by Gasteiger charge is -2.10. The molecular formula is C11H10FNO3. The number of hydrogen-bond acceptors (Lipinski definition) is 4. The number of methoxy groups -OCH3 is 2. The zero-order valence-corrected chi connectivity index (χ0v) is 8.83. The second-order valence-electron chi connectivity index (χ2n) is 2.86. The summed E-state index contributed by atoms with van der Waals surface area (Å²) in [6.45, 7) is 0. The highest BCUT2D eigenvalue weighted by molar-refractivity contribution is 5.92. The Bertz CT molecular complexity index is 477. The maximum Gasteiger partial charge on any atom is 0.341 e. The average Bonchev–Trinajstić information content (AvgIpc) is 2.29. The van der Waals surface area contributed by atoms with E-state index in [2.05, 4.69) is 10.7 Å². The lowest BCUT2D eigenvalue weighted by Crippen LogP contribution is -2.09. The van der Waals surface area contributed by atoms with Crippen LogP contribution in [0.1, 0.15) is 15.9 Å². The van der Waals surface area contributed by atoms with Crippen LogP contribution in [0.2, 0.25) is 0 Å². The molecule has 84 valence electrons. The molecule has 0 radical (unpaired) electrons. The second-order valence-corrected chi connectivity index (χ2v) is 2.86. The first kappa shape index (κ1) is 11.9. The van der Waals surface area contributed by atoms with Crippen LogP contribution in [0.25, 0.3) is 0 Å². The van der Waals surface area contributed by atoms with E-state index in [-0.39, 0.29) is 22.6 Å². The molecule has 0 spiro atoms. The van der Waals surface area contributed by atoms with E-state index >= 15 is 0 Å². The van der Waals surface area contributed by atoms with E-state index in [1.54, 1.807) is 0 Å². The van der Waals surface area contributed by atoms with Crippen LogP contribution in [-0.4, -0.2) is 20.2 Å². The van der Waals surface area contributed by atoms with Gasteiger partial charge in [-0.3, -0.25) is 0 Å². The molecule has 0 aliphatic carbocycles. The molecule has 0 aliphatic heterocycles. The van der Waals surface area contributed by atoms with Crippen molar-refractivity contribution in [1.82, 2.24) is 0 Å². The number of anilines is 1. The number of ether oxygens (including phenoxy) is 2. The van der Waals surface area contributed by atoms with Crippen molar-refractivity contribution in [3.8, 4) is 18.1 Å². The van der Waals surface area contributed by atoms with E-state index in [0.29, 0.717) is 0 Å². The Kier molecular flexibility index (Phi) is 3.36. The highest BCUT2D eigenvalue weighted by Gasteiger charge is 2.20. The van der Waals surface area contributed by atoms with E-state index in [1.165, 1.54) is 7.11 Å². The van der Waals surface area contributed by atoms with E-state index in [1.807, 2.05) is 0 Å². The normalized spacial score (nSPS) is 9.38. The molecule has 0 saturated heterocycles. The minimum atomic E-state index is -0.882. The van der Waals surface area contributed by atoms with Crippen molar-refractivity contribution in [1.29, 1.82) is 0 Å². The molecule has 0 aromatic heterocycles. The molecule has 1 rings (SSSR count). The topological polar surface area (TPSA) is 61.5 Å². The van der Waals surface area contributed by atoms with Crippen LogP contribution in [0.3, 0.4) is 0 Å². The van der Waals surface area contributed by atoms with Gasteiger partial charge in [-0.25, -0.2) is 9.18 Å². The van der Waals surface area contributed by atoms with E-state index < -0.39 is 11.8 Å². The maximum absolute atomic E-state index is 13.7. The van der Waals surface area contributed by atoms with Crippen molar-refractivity contribution >= 4 is 11.7 Å². The molecule has 2 N–H and O–H groups in total. The van der Waals surface area contributed by atoms with Crippen molar-refractivity contribution < 1.29 is 18.7 Å². The van der Waals surface area contributed by atoms with E-state index in [4.69, 9.17) is 16.9 Å². The molecule has 0 amide bonds. The molecular weight excluding hydrogens is 213 g/mol. The van der Waals surface area contributed by atoms with E-state index in [0.717, 1.165) is 13.2 Å². The van der Waals surface area contributed by atoms with Gasteiger partial charge in [-0.1, -0.05) is 5.92 Å². The third-order valence-electron chi connectivity index (χ3n) is 2.04. The summed E-state index contributed by atoms with van der Waals surface area (Å²) in [5.41, 5.74) is 5.02. The van der Waals surface area contributed by atoms with Crippen molar-refractivity contribution in [3.05, 3.63) is 23.0 Å². The smallest absolute Gasteiger partial charge is 0.341 e. The van der Waals surface area contributed by atoms with Gasteiger partial charge >= 0.3 is 5.97 Å². The summed E-state index contributed by atoms with van der Waals surface area (Å²) in [5.74, 6) is 0.482. The van der Waals surface area contributed by atoms with Gasteiger partial charge in [0.15, 0.2) is 5.82 Å². The summed E-state index contributed by atoms with van der Waals surface area (Å²) in [6.07, 6.45) is 5.11. The van der Waals surface area contributed by atoms with Gasteiger partial charge in [0, 0.05) is 0 Å². The summed E-state index contributed by atoms with van der Waals surface area (Å²) in [7, 11) is 2.48. The number of nitrogens with two attached hydrogens (primary N) is 1. The molecule has 0 aliphatic rings. The summed E-state index contributed by atoms with van der Waals surface area (Å²) in [6, 6.07) is 1.15. The number of carbonyl (C=O) groups is 1. The fraction of sp³-hybridized carbons (Fsp3) is 0.182. The van der Waals surface area contributed by atoms with Crippen LogP contribution in [0.15, 0.2) is 6.07 Å². The molecule has 16 heavy (non-hydrogen) atoms. The Morgan fingerprint density at radius 3 is 2.62 bits per heavy atom. The highest BCUT2D eigenvalue weighted by atomic mass is 19.1. The number of nitrogen functional groups attached to an aromatic ring is 1. The number of terminal acetylenes is 1. The number of hydrogen-bond donors (Lipinski definition) is 1. The largest absolute Gasteiger partial charge is 0.495 e. The number of halogens is 1. The predicted octanol–water partition coefficient (Wildman–Crippen LogP) is 1.18. The Labute approximate surface area is 92.1 Å². The van der Waals surface area contributed by atoms with Crippen LogP contribution >= 0.6 is 0 Å². The lowest BCUT2D eigenvalue weighted by atomic mass is 10.1. The minimum Gasteiger partial charge on any atom is -0.495 e. The lowest BCUT2D eigenvalue weighted by molar-refractivity contribution is 0.0595. The number of esters is 1. The van der Waals surface area contributed by atoms with Gasteiger partial charge in [-0.15, -0.1) is 6.42 Å². The quantitative estimate of drug-likeness (QED) is 0.464.